The predicted octanol–water partition coefficient (Wildman–Crippen LogP) is 2.98. The van der Waals surface area contributed by atoms with Crippen molar-refractivity contribution in [1.29, 1.82) is 0 Å². The number of nitrogen functional groups attached to an aromatic ring is 1. The van der Waals surface area contributed by atoms with Crippen molar-refractivity contribution >= 4 is 28.5 Å². The number of piperidine rings is 1. The lowest BCUT2D eigenvalue weighted by Gasteiger charge is -2.37. The van der Waals surface area contributed by atoms with Crippen molar-refractivity contribution in [2.24, 2.45) is 11.7 Å². The maximum absolute atomic E-state index is 13.3. The van der Waals surface area contributed by atoms with Crippen molar-refractivity contribution in [2.45, 2.75) is 38.6 Å². The number of aryl methyl sites for hydroxylation is 1. The number of hydrogen-bond acceptors (Lipinski definition) is 8. The maximum Gasteiger partial charge on any atom is 0.204 e. The van der Waals surface area contributed by atoms with E-state index < -0.39 is 0 Å². The number of fused-ring (bicyclic) bond motifs is 1. The van der Waals surface area contributed by atoms with Crippen molar-refractivity contribution in [3.05, 3.63) is 47.4 Å². The Kier molecular flexibility index (Phi) is 6.72. The monoisotopic (exact) mass is 437 g/mol. The van der Waals surface area contributed by atoms with Gasteiger partial charge in [0.15, 0.2) is 11.4 Å². The molecule has 1 fully saturated rings. The molecule has 0 spiro atoms. The van der Waals surface area contributed by atoms with Crippen molar-refractivity contribution in [1.82, 2.24) is 9.97 Å². The molecule has 8 heteroatoms. The average Bonchev–Trinajstić information content (AvgIpc) is 3.08. The van der Waals surface area contributed by atoms with Crippen LogP contribution in [0.5, 0.6) is 0 Å². The Morgan fingerprint density at radius 2 is 2.19 bits per heavy atom. The quantitative estimate of drug-likeness (QED) is 0.408. The summed E-state index contributed by atoms with van der Waals surface area (Å²) < 4.78 is 10.8. The first-order valence-corrected chi connectivity index (χ1v) is 11.1. The van der Waals surface area contributed by atoms with E-state index in [-0.39, 0.29) is 24.1 Å². The molecule has 0 radical (unpaired) electrons. The van der Waals surface area contributed by atoms with Gasteiger partial charge in [0.2, 0.25) is 5.88 Å². The molecule has 0 saturated carbocycles. The molecule has 0 aliphatic carbocycles. The number of Topliss-reactive ketones (excluding diaryl/α,β-unsaturated/α-hetero) is 1. The molecule has 32 heavy (non-hydrogen) atoms. The minimum Gasteiger partial charge on any atom is -0.438 e. The van der Waals surface area contributed by atoms with E-state index in [0.29, 0.717) is 29.2 Å². The highest BCUT2D eigenvalue weighted by atomic mass is 16.5. The van der Waals surface area contributed by atoms with Gasteiger partial charge in [0.1, 0.15) is 11.1 Å². The third-order valence-electron chi connectivity index (χ3n) is 5.97. The van der Waals surface area contributed by atoms with Gasteiger partial charge in [-0.15, -0.1) is 0 Å². The van der Waals surface area contributed by atoms with Gasteiger partial charge in [-0.05, 0) is 42.9 Å². The number of methoxy groups -OCH3 is 1. The third kappa shape index (κ3) is 4.76. The van der Waals surface area contributed by atoms with Crippen LogP contribution in [0.1, 0.15) is 41.3 Å². The van der Waals surface area contributed by atoms with Crippen molar-refractivity contribution in [3.63, 3.8) is 0 Å². The number of aromatic nitrogens is 2. The van der Waals surface area contributed by atoms with E-state index in [1.165, 1.54) is 0 Å². The Hall–Kier alpha value is -2.97. The Bertz CT molecular complexity index is 1090. The summed E-state index contributed by atoms with van der Waals surface area (Å²) in [6.07, 6.45) is 8.15. The van der Waals surface area contributed by atoms with Gasteiger partial charge in [-0.1, -0.05) is 6.92 Å². The molecule has 170 valence electrons. The highest BCUT2D eigenvalue weighted by Crippen LogP contribution is 2.31. The summed E-state index contributed by atoms with van der Waals surface area (Å²) in [6.45, 7) is 4.55. The number of ketones is 1. The highest BCUT2D eigenvalue weighted by molar-refractivity contribution is 6.10. The van der Waals surface area contributed by atoms with E-state index in [9.17, 15) is 4.79 Å². The van der Waals surface area contributed by atoms with Gasteiger partial charge < -0.3 is 25.5 Å². The number of nitrogens with zero attached hydrogens (tertiary/aromatic N) is 3. The van der Waals surface area contributed by atoms with Gasteiger partial charge in [-0.25, -0.2) is 0 Å². The lowest BCUT2D eigenvalue weighted by atomic mass is 9.95. The van der Waals surface area contributed by atoms with Crippen LogP contribution >= 0.6 is 0 Å². The molecule has 4 N–H and O–H groups in total. The first-order chi connectivity index (χ1) is 15.5. The van der Waals surface area contributed by atoms with E-state index in [1.807, 2.05) is 12.1 Å². The van der Waals surface area contributed by atoms with Gasteiger partial charge >= 0.3 is 0 Å². The van der Waals surface area contributed by atoms with Crippen LogP contribution in [0, 0.1) is 5.92 Å². The molecule has 1 saturated heterocycles. The summed E-state index contributed by atoms with van der Waals surface area (Å²) in [5, 5.41) is 0. The molecule has 1 aliphatic rings. The molecule has 2 atom stereocenters. The zero-order valence-corrected chi connectivity index (χ0v) is 18.7. The molecule has 0 aromatic carbocycles. The highest BCUT2D eigenvalue weighted by Gasteiger charge is 2.26. The molecule has 1 aliphatic heterocycles. The second kappa shape index (κ2) is 9.67. The molecule has 0 bridgehead atoms. The normalized spacial score (nSPS) is 18.9. The minimum absolute atomic E-state index is 0.102. The number of hydrogen-bond donors (Lipinski definition) is 2. The molecule has 0 amide bonds. The second-order valence-electron chi connectivity index (χ2n) is 8.74. The smallest absolute Gasteiger partial charge is 0.204 e. The molecule has 3 aromatic rings. The van der Waals surface area contributed by atoms with E-state index in [0.717, 1.165) is 49.2 Å². The van der Waals surface area contributed by atoms with Gasteiger partial charge in [0.25, 0.3) is 0 Å². The van der Waals surface area contributed by atoms with Gasteiger partial charge in [0.05, 0.1) is 0 Å². The fraction of sp³-hybridized carbons (Fsp3) is 0.458. The summed E-state index contributed by atoms with van der Waals surface area (Å²) in [5.74, 6) is 0.460. The second-order valence-corrected chi connectivity index (χ2v) is 8.74. The number of rotatable bonds is 8. The first kappa shape index (κ1) is 22.2. The number of furan rings is 1. The van der Waals surface area contributed by atoms with Gasteiger partial charge in [-0.3, -0.25) is 14.8 Å². The molecule has 8 nitrogen and oxygen atoms in total. The number of carbonyl (C=O) groups is 1. The number of ether oxygens (including phenoxy) is 1. The number of anilines is 2. The molecular formula is C24H31N5O3. The van der Waals surface area contributed by atoms with Crippen LogP contribution in [0.25, 0.3) is 11.1 Å². The first-order valence-electron chi connectivity index (χ1n) is 11.1. The van der Waals surface area contributed by atoms with Crippen LogP contribution in [0.4, 0.5) is 11.6 Å². The number of pyridine rings is 2. The summed E-state index contributed by atoms with van der Waals surface area (Å²) >= 11 is 0. The largest absolute Gasteiger partial charge is 0.438 e. The fourth-order valence-corrected chi connectivity index (χ4v) is 4.59. The number of carbonyl (C=O) groups excluding carboxylic acids is 1. The average molecular weight is 438 g/mol. The van der Waals surface area contributed by atoms with Crippen LogP contribution in [0.2, 0.25) is 0 Å². The van der Waals surface area contributed by atoms with Crippen molar-refractivity contribution in [3.8, 4) is 0 Å². The predicted molar refractivity (Wildman–Crippen MR) is 125 cm³/mol. The lowest BCUT2D eigenvalue weighted by molar-refractivity contribution is 0.0994. The van der Waals surface area contributed by atoms with Crippen molar-refractivity contribution in [2.75, 3.05) is 37.4 Å². The van der Waals surface area contributed by atoms with E-state index in [2.05, 4.69) is 21.8 Å². The Labute approximate surface area is 187 Å². The van der Waals surface area contributed by atoms with E-state index in [1.54, 1.807) is 25.7 Å². The van der Waals surface area contributed by atoms with Crippen LogP contribution in [0.15, 0.2) is 35.1 Å². The summed E-state index contributed by atoms with van der Waals surface area (Å²) in [7, 11) is 1.68. The Balaban J connectivity index is 1.58. The van der Waals surface area contributed by atoms with Crippen LogP contribution in [-0.4, -0.2) is 48.6 Å². The van der Waals surface area contributed by atoms with Gasteiger partial charge in [0, 0.05) is 69.1 Å². The standard InChI is InChI=1S/C24H31N5O3/c1-15-8-18(25)14-29(13-15)19-5-6-27-12-17(19)10-20(30)22-23-21(32-24(22)26)9-16(11-28-23)4-3-7-31-2/h5-6,9,11-12,15,18H,3-4,7-8,10,13-14,25-26H2,1-2H3/t15-,18+/m1/s1. The number of nitrogens with two attached hydrogens (primary N) is 2. The topological polar surface area (TPSA) is 120 Å². The van der Waals surface area contributed by atoms with Gasteiger partial charge in [-0.2, -0.15) is 0 Å². The summed E-state index contributed by atoms with van der Waals surface area (Å²) in [5.41, 5.74) is 16.6. The SMILES string of the molecule is COCCCc1cnc2c(C(=O)Cc3cnccc3N3C[C@H](C)C[C@H](N)C3)c(N)oc2c1. The Morgan fingerprint density at radius 3 is 2.97 bits per heavy atom. The third-order valence-corrected chi connectivity index (χ3v) is 5.97. The summed E-state index contributed by atoms with van der Waals surface area (Å²) in [6, 6.07) is 3.97. The van der Waals surface area contributed by atoms with E-state index >= 15 is 0 Å². The van der Waals surface area contributed by atoms with Crippen LogP contribution < -0.4 is 16.4 Å². The molecule has 0 unspecified atom stereocenters. The fourth-order valence-electron chi connectivity index (χ4n) is 4.59. The lowest BCUT2D eigenvalue weighted by Crippen LogP contribution is -2.46. The van der Waals surface area contributed by atoms with Crippen LogP contribution in [0.3, 0.4) is 0 Å². The molecule has 4 heterocycles. The van der Waals surface area contributed by atoms with Crippen molar-refractivity contribution < 1.29 is 13.9 Å². The molecule has 4 rings (SSSR count). The summed E-state index contributed by atoms with van der Waals surface area (Å²) in [4.78, 5) is 24.3. The Morgan fingerprint density at radius 1 is 1.34 bits per heavy atom. The zero-order valence-electron chi connectivity index (χ0n) is 18.7. The zero-order chi connectivity index (χ0) is 22.7. The van der Waals surface area contributed by atoms with Crippen LogP contribution in [-0.2, 0) is 17.6 Å². The van der Waals surface area contributed by atoms with E-state index in [4.69, 9.17) is 20.6 Å². The minimum atomic E-state index is -0.135. The molecular weight excluding hydrogens is 406 g/mol. The maximum atomic E-state index is 13.3. The molecule has 3 aromatic heterocycles.